The van der Waals surface area contributed by atoms with Gasteiger partial charge in [-0.1, -0.05) is 0 Å². The fourth-order valence-electron chi connectivity index (χ4n) is 2.59. The van der Waals surface area contributed by atoms with E-state index in [0.29, 0.717) is 22.3 Å². The lowest BCUT2D eigenvalue weighted by Gasteiger charge is -2.08. The van der Waals surface area contributed by atoms with Crippen molar-refractivity contribution in [1.29, 1.82) is 0 Å². The van der Waals surface area contributed by atoms with Crippen LogP contribution >= 0.6 is 11.3 Å². The monoisotopic (exact) mass is 382 g/mol. The Bertz CT molecular complexity index is 1110. The van der Waals surface area contributed by atoms with Gasteiger partial charge >= 0.3 is 0 Å². The average Bonchev–Trinajstić information content (AvgIpc) is 3.35. The number of hydrogen-bond donors (Lipinski definition) is 1. The van der Waals surface area contributed by atoms with Crippen LogP contribution in [0.5, 0.6) is 0 Å². The van der Waals surface area contributed by atoms with E-state index in [9.17, 15) is 9.18 Å². The van der Waals surface area contributed by atoms with Gasteiger partial charge in [0.25, 0.3) is 5.91 Å². The summed E-state index contributed by atoms with van der Waals surface area (Å²) in [5, 5.41) is 9.48. The molecule has 0 fully saturated rings. The van der Waals surface area contributed by atoms with Crippen LogP contribution in [0.2, 0.25) is 0 Å². The number of halogens is 1. The van der Waals surface area contributed by atoms with E-state index < -0.39 is 0 Å². The summed E-state index contributed by atoms with van der Waals surface area (Å²) in [7, 11) is 0. The molecule has 0 aliphatic rings. The molecule has 3 heterocycles. The van der Waals surface area contributed by atoms with Crippen molar-refractivity contribution in [3.05, 3.63) is 70.8 Å². The Morgan fingerprint density at radius 3 is 2.67 bits per heavy atom. The van der Waals surface area contributed by atoms with Crippen LogP contribution < -0.4 is 5.32 Å². The number of anilines is 1. The van der Waals surface area contributed by atoms with Gasteiger partial charge in [0.2, 0.25) is 0 Å². The molecule has 3 aromatic heterocycles. The lowest BCUT2D eigenvalue weighted by Crippen LogP contribution is -2.15. The number of nitrogens with zero attached hydrogens (tertiary/aromatic N) is 3. The summed E-state index contributed by atoms with van der Waals surface area (Å²) in [6.45, 7) is 3.67. The maximum Gasteiger partial charge on any atom is 0.276 e. The predicted octanol–water partition coefficient (Wildman–Crippen LogP) is 4.60. The third-order valence-corrected chi connectivity index (χ3v) is 4.69. The molecule has 0 radical (unpaired) electrons. The Hall–Kier alpha value is -3.26. The Labute approximate surface area is 158 Å². The molecule has 4 rings (SSSR count). The van der Waals surface area contributed by atoms with Crippen LogP contribution in [0.3, 0.4) is 0 Å². The number of amides is 1. The molecule has 6 nitrogen and oxygen atoms in total. The first-order valence-corrected chi connectivity index (χ1v) is 9.04. The summed E-state index contributed by atoms with van der Waals surface area (Å²) in [4.78, 5) is 17.0. The fourth-order valence-corrected chi connectivity index (χ4v) is 3.35. The van der Waals surface area contributed by atoms with Gasteiger partial charge in [0.1, 0.15) is 23.1 Å². The predicted molar refractivity (Wildman–Crippen MR) is 101 cm³/mol. The van der Waals surface area contributed by atoms with Crippen molar-refractivity contribution < 1.29 is 13.6 Å². The van der Waals surface area contributed by atoms with Crippen molar-refractivity contribution in [3.63, 3.8) is 0 Å². The minimum absolute atomic E-state index is 0.286. The number of hydrogen-bond acceptors (Lipinski definition) is 5. The Morgan fingerprint density at radius 1 is 1.19 bits per heavy atom. The zero-order chi connectivity index (χ0) is 19.0. The molecule has 1 aromatic carbocycles. The molecule has 0 saturated heterocycles. The molecule has 0 spiro atoms. The standard InChI is InChI=1S/C19H15FN4O2S/c1-11-9-17(24(23-11)14-6-4-13(20)5-7-14)22-18(25)15-10-27-19(21-15)16-8-3-12(2)26-16/h3-10H,1-2H3,(H,22,25). The first kappa shape index (κ1) is 17.2. The number of carbonyl (C=O) groups is 1. The van der Waals surface area contributed by atoms with Crippen LogP contribution in [0.15, 0.2) is 52.3 Å². The van der Waals surface area contributed by atoms with E-state index in [2.05, 4.69) is 15.4 Å². The van der Waals surface area contributed by atoms with Crippen molar-refractivity contribution in [2.75, 3.05) is 5.32 Å². The molecule has 27 heavy (non-hydrogen) atoms. The molecule has 1 N–H and O–H groups in total. The summed E-state index contributed by atoms with van der Waals surface area (Å²) >= 11 is 1.33. The van der Waals surface area contributed by atoms with Gasteiger partial charge in [-0.2, -0.15) is 5.10 Å². The van der Waals surface area contributed by atoms with Crippen molar-refractivity contribution in [3.8, 4) is 16.5 Å². The van der Waals surface area contributed by atoms with Gasteiger partial charge in [0.15, 0.2) is 10.8 Å². The SMILES string of the molecule is Cc1cc(NC(=O)c2csc(-c3ccc(C)o3)n2)n(-c2ccc(F)cc2)n1. The molecule has 8 heteroatoms. The number of carbonyl (C=O) groups excluding carboxylic acids is 1. The van der Waals surface area contributed by atoms with Gasteiger partial charge < -0.3 is 9.73 Å². The van der Waals surface area contributed by atoms with Gasteiger partial charge in [0, 0.05) is 11.4 Å². The van der Waals surface area contributed by atoms with Gasteiger partial charge in [0.05, 0.1) is 11.4 Å². The highest BCUT2D eigenvalue weighted by atomic mass is 32.1. The van der Waals surface area contributed by atoms with Gasteiger partial charge in [-0.05, 0) is 50.2 Å². The summed E-state index contributed by atoms with van der Waals surface area (Å²) < 4.78 is 20.3. The minimum atomic E-state index is -0.357. The fraction of sp³-hybridized carbons (Fsp3) is 0.105. The quantitative estimate of drug-likeness (QED) is 0.560. The van der Waals surface area contributed by atoms with Crippen molar-refractivity contribution in [2.45, 2.75) is 13.8 Å². The molecular weight excluding hydrogens is 367 g/mol. The summed E-state index contributed by atoms with van der Waals surface area (Å²) in [5.41, 5.74) is 1.65. The van der Waals surface area contributed by atoms with E-state index >= 15 is 0 Å². The molecule has 0 unspecified atom stereocenters. The van der Waals surface area contributed by atoms with Crippen LogP contribution in [0, 0.1) is 19.7 Å². The molecule has 1 amide bonds. The zero-order valence-electron chi connectivity index (χ0n) is 14.6. The Balaban J connectivity index is 1.59. The van der Waals surface area contributed by atoms with E-state index in [1.807, 2.05) is 26.0 Å². The third-order valence-electron chi connectivity index (χ3n) is 3.83. The van der Waals surface area contributed by atoms with Crippen LogP contribution in [0.25, 0.3) is 16.5 Å². The van der Waals surface area contributed by atoms with Crippen molar-refractivity contribution in [2.24, 2.45) is 0 Å². The molecular formula is C19H15FN4O2S. The van der Waals surface area contributed by atoms with E-state index in [1.54, 1.807) is 28.3 Å². The highest BCUT2D eigenvalue weighted by Crippen LogP contribution is 2.26. The highest BCUT2D eigenvalue weighted by molar-refractivity contribution is 7.13. The third kappa shape index (κ3) is 3.52. The summed E-state index contributed by atoms with van der Waals surface area (Å²) in [6, 6.07) is 11.3. The Morgan fingerprint density at radius 2 is 1.96 bits per heavy atom. The number of benzene rings is 1. The average molecular weight is 382 g/mol. The highest BCUT2D eigenvalue weighted by Gasteiger charge is 2.17. The number of aromatic nitrogens is 3. The molecule has 0 aliphatic heterocycles. The summed E-state index contributed by atoms with van der Waals surface area (Å²) in [5.74, 6) is 1.20. The Kier molecular flexibility index (Phi) is 4.33. The second kappa shape index (κ2) is 6.81. The van der Waals surface area contributed by atoms with Crippen LogP contribution in [0.4, 0.5) is 10.2 Å². The second-order valence-electron chi connectivity index (χ2n) is 5.96. The van der Waals surface area contributed by atoms with Crippen molar-refractivity contribution >= 4 is 23.1 Å². The summed E-state index contributed by atoms with van der Waals surface area (Å²) in [6.07, 6.45) is 0. The van der Waals surface area contributed by atoms with E-state index in [1.165, 1.54) is 23.5 Å². The number of thiazole rings is 1. The number of nitrogens with one attached hydrogen (secondary N) is 1. The lowest BCUT2D eigenvalue weighted by molar-refractivity contribution is 0.102. The van der Waals surface area contributed by atoms with Gasteiger partial charge in [-0.15, -0.1) is 11.3 Å². The smallest absolute Gasteiger partial charge is 0.276 e. The number of aryl methyl sites for hydroxylation is 2. The van der Waals surface area contributed by atoms with Gasteiger partial charge in [-0.25, -0.2) is 14.1 Å². The zero-order valence-corrected chi connectivity index (χ0v) is 15.4. The molecule has 0 aliphatic carbocycles. The lowest BCUT2D eigenvalue weighted by atomic mass is 10.3. The molecule has 4 aromatic rings. The van der Waals surface area contributed by atoms with Gasteiger partial charge in [-0.3, -0.25) is 4.79 Å². The largest absolute Gasteiger partial charge is 0.459 e. The number of furan rings is 1. The topological polar surface area (TPSA) is 73.0 Å². The molecule has 136 valence electrons. The van der Waals surface area contributed by atoms with E-state index in [0.717, 1.165) is 11.5 Å². The first-order chi connectivity index (χ1) is 13.0. The molecule has 0 bridgehead atoms. The van der Waals surface area contributed by atoms with E-state index in [4.69, 9.17) is 4.42 Å². The first-order valence-electron chi connectivity index (χ1n) is 8.16. The van der Waals surface area contributed by atoms with E-state index in [-0.39, 0.29) is 17.4 Å². The minimum Gasteiger partial charge on any atom is -0.459 e. The maximum atomic E-state index is 13.2. The number of rotatable bonds is 4. The molecule has 0 atom stereocenters. The van der Waals surface area contributed by atoms with Crippen LogP contribution in [-0.4, -0.2) is 20.7 Å². The van der Waals surface area contributed by atoms with Crippen LogP contribution in [-0.2, 0) is 0 Å². The maximum absolute atomic E-state index is 13.2. The van der Waals surface area contributed by atoms with Crippen LogP contribution in [0.1, 0.15) is 21.9 Å². The molecule has 0 saturated carbocycles. The second-order valence-corrected chi connectivity index (χ2v) is 6.82. The normalized spacial score (nSPS) is 10.9. The van der Waals surface area contributed by atoms with Crippen molar-refractivity contribution in [1.82, 2.24) is 14.8 Å².